The maximum atomic E-state index is 10.7. The van der Waals surface area contributed by atoms with Crippen LogP contribution in [0, 0.1) is 10.1 Å². The molecule has 0 bridgehead atoms. The molecule has 26 heavy (non-hydrogen) atoms. The molecular formula is C19H20N4O3. The van der Waals surface area contributed by atoms with Crippen molar-refractivity contribution < 1.29 is 9.66 Å². The van der Waals surface area contributed by atoms with Gasteiger partial charge in [-0.05, 0) is 36.6 Å². The van der Waals surface area contributed by atoms with E-state index in [1.165, 1.54) is 0 Å². The second-order valence-electron chi connectivity index (χ2n) is 6.64. The predicted octanol–water partition coefficient (Wildman–Crippen LogP) is 3.51. The summed E-state index contributed by atoms with van der Waals surface area (Å²) in [5.41, 5.74) is 2.24. The van der Waals surface area contributed by atoms with Crippen molar-refractivity contribution in [2.45, 2.75) is 25.5 Å². The largest absolute Gasteiger partial charge is 0.490 e. The van der Waals surface area contributed by atoms with Gasteiger partial charge in [-0.25, -0.2) is 0 Å². The van der Waals surface area contributed by atoms with Crippen molar-refractivity contribution in [1.29, 1.82) is 0 Å². The topological polar surface area (TPSA) is 84.3 Å². The second kappa shape index (κ2) is 7.13. The number of nitrogens with one attached hydrogen (secondary N) is 1. The van der Waals surface area contributed by atoms with Crippen LogP contribution in [0.1, 0.15) is 18.4 Å². The molecule has 0 amide bonds. The minimum atomic E-state index is -0.368. The highest BCUT2D eigenvalue weighted by atomic mass is 16.6. The van der Waals surface area contributed by atoms with E-state index in [1.807, 2.05) is 30.3 Å². The van der Waals surface area contributed by atoms with Crippen LogP contribution in [0.3, 0.4) is 0 Å². The minimum Gasteiger partial charge on any atom is -0.490 e. The Balaban J connectivity index is 1.30. The van der Waals surface area contributed by atoms with Crippen LogP contribution in [-0.4, -0.2) is 39.2 Å². The quantitative estimate of drug-likeness (QED) is 0.561. The van der Waals surface area contributed by atoms with E-state index in [0.717, 1.165) is 54.7 Å². The third-order valence-electron chi connectivity index (χ3n) is 4.80. The molecule has 7 heteroatoms. The van der Waals surface area contributed by atoms with Gasteiger partial charge < -0.3 is 4.74 Å². The summed E-state index contributed by atoms with van der Waals surface area (Å²) in [6, 6.07) is 12.8. The molecule has 2 heterocycles. The number of aromatic nitrogens is 2. The Bertz CT molecular complexity index is 899. The molecule has 0 aliphatic carbocycles. The van der Waals surface area contributed by atoms with E-state index >= 15 is 0 Å². The van der Waals surface area contributed by atoms with Crippen LogP contribution in [-0.2, 0) is 6.54 Å². The predicted molar refractivity (Wildman–Crippen MR) is 98.1 cm³/mol. The molecule has 0 saturated carbocycles. The summed E-state index contributed by atoms with van der Waals surface area (Å²) >= 11 is 0. The maximum absolute atomic E-state index is 10.7. The lowest BCUT2D eigenvalue weighted by atomic mass is 10.1. The summed E-state index contributed by atoms with van der Waals surface area (Å²) in [4.78, 5) is 12.7. The zero-order valence-electron chi connectivity index (χ0n) is 14.3. The zero-order chi connectivity index (χ0) is 17.9. The highest BCUT2D eigenvalue weighted by Gasteiger charge is 2.21. The molecule has 1 saturated heterocycles. The Kier molecular flexibility index (Phi) is 4.53. The average Bonchev–Trinajstić information content (AvgIpc) is 3.12. The molecule has 1 aliphatic heterocycles. The number of ether oxygens (including phenoxy) is 1. The molecule has 3 aromatic rings. The molecule has 2 aromatic carbocycles. The van der Waals surface area contributed by atoms with E-state index in [4.69, 9.17) is 4.74 Å². The normalized spacial score (nSPS) is 16.0. The molecule has 134 valence electrons. The Morgan fingerprint density at radius 3 is 2.69 bits per heavy atom. The molecule has 0 atom stereocenters. The number of benzene rings is 2. The van der Waals surface area contributed by atoms with E-state index in [1.54, 1.807) is 18.3 Å². The fourth-order valence-corrected chi connectivity index (χ4v) is 3.35. The molecule has 1 aliphatic rings. The van der Waals surface area contributed by atoms with Crippen LogP contribution in [0.2, 0.25) is 0 Å². The molecule has 4 rings (SSSR count). The Morgan fingerprint density at radius 1 is 1.19 bits per heavy atom. The van der Waals surface area contributed by atoms with E-state index in [0.29, 0.717) is 0 Å². The van der Waals surface area contributed by atoms with Crippen LogP contribution in [0.4, 0.5) is 5.69 Å². The summed E-state index contributed by atoms with van der Waals surface area (Å²) in [7, 11) is 0. The number of non-ortho nitro benzene ring substituents is 1. The maximum Gasteiger partial charge on any atom is 0.269 e. The lowest BCUT2D eigenvalue weighted by Crippen LogP contribution is -2.37. The van der Waals surface area contributed by atoms with Gasteiger partial charge in [0.1, 0.15) is 11.9 Å². The lowest BCUT2D eigenvalue weighted by Gasteiger charge is -2.32. The van der Waals surface area contributed by atoms with Gasteiger partial charge in [-0.3, -0.25) is 20.1 Å². The number of likely N-dealkylation sites (tertiary alicyclic amines) is 1. The number of aromatic amines is 1. The number of hydrogen-bond donors (Lipinski definition) is 1. The third-order valence-corrected chi connectivity index (χ3v) is 4.80. The van der Waals surface area contributed by atoms with Gasteiger partial charge in [0, 0.05) is 37.2 Å². The number of H-pyrrole nitrogens is 1. The Labute approximate surface area is 150 Å². The van der Waals surface area contributed by atoms with Crippen molar-refractivity contribution in [1.82, 2.24) is 15.1 Å². The van der Waals surface area contributed by atoms with Gasteiger partial charge in [-0.1, -0.05) is 12.1 Å². The standard InChI is InChI=1S/C19H20N4O3/c24-23(25)16-3-1-14(2-4-16)13-22-9-7-17(8-10-22)26-18-5-6-19-15(11-18)12-20-21-19/h1-6,11-12,17H,7-10,13H2,(H,20,21). The smallest absolute Gasteiger partial charge is 0.269 e. The number of nitro groups is 1. The monoisotopic (exact) mass is 352 g/mol. The SMILES string of the molecule is O=[N+]([O-])c1ccc(CN2CCC(Oc3ccc4[nH]ncc4c3)CC2)cc1. The number of nitrogens with zero attached hydrogens (tertiary/aromatic N) is 3. The van der Waals surface area contributed by atoms with Gasteiger partial charge in [-0.15, -0.1) is 0 Å². The molecule has 7 nitrogen and oxygen atoms in total. The molecular weight excluding hydrogens is 332 g/mol. The van der Waals surface area contributed by atoms with Crippen molar-refractivity contribution >= 4 is 16.6 Å². The van der Waals surface area contributed by atoms with Crippen molar-refractivity contribution in [3.05, 3.63) is 64.3 Å². The van der Waals surface area contributed by atoms with Gasteiger partial charge in [0.15, 0.2) is 0 Å². The number of fused-ring (bicyclic) bond motifs is 1. The van der Waals surface area contributed by atoms with Gasteiger partial charge in [-0.2, -0.15) is 5.10 Å². The molecule has 1 fully saturated rings. The van der Waals surface area contributed by atoms with Crippen LogP contribution in [0.25, 0.3) is 10.9 Å². The molecule has 1 N–H and O–H groups in total. The number of hydrogen-bond acceptors (Lipinski definition) is 5. The van der Waals surface area contributed by atoms with Gasteiger partial charge in [0.05, 0.1) is 16.6 Å². The average molecular weight is 352 g/mol. The molecule has 1 aromatic heterocycles. The fourth-order valence-electron chi connectivity index (χ4n) is 3.35. The van der Waals surface area contributed by atoms with Crippen molar-refractivity contribution in [3.63, 3.8) is 0 Å². The first kappa shape index (κ1) is 16.5. The van der Waals surface area contributed by atoms with Crippen molar-refractivity contribution in [2.24, 2.45) is 0 Å². The first-order valence-electron chi connectivity index (χ1n) is 8.73. The summed E-state index contributed by atoms with van der Waals surface area (Å²) in [5.74, 6) is 0.882. The highest BCUT2D eigenvalue weighted by molar-refractivity contribution is 5.79. The summed E-state index contributed by atoms with van der Waals surface area (Å²) in [5, 5.41) is 18.7. The lowest BCUT2D eigenvalue weighted by molar-refractivity contribution is -0.384. The molecule has 0 unspecified atom stereocenters. The van der Waals surface area contributed by atoms with Crippen molar-refractivity contribution in [2.75, 3.05) is 13.1 Å². The van der Waals surface area contributed by atoms with Gasteiger partial charge in [0.2, 0.25) is 0 Å². The zero-order valence-corrected chi connectivity index (χ0v) is 14.3. The first-order valence-corrected chi connectivity index (χ1v) is 8.73. The number of piperidine rings is 1. The molecule has 0 spiro atoms. The minimum absolute atomic E-state index is 0.135. The number of rotatable bonds is 5. The summed E-state index contributed by atoms with van der Waals surface area (Å²) < 4.78 is 6.13. The van der Waals surface area contributed by atoms with E-state index in [9.17, 15) is 10.1 Å². The Hall–Kier alpha value is -2.93. The molecule has 0 radical (unpaired) electrons. The van der Waals surface area contributed by atoms with E-state index in [2.05, 4.69) is 15.1 Å². The van der Waals surface area contributed by atoms with Crippen LogP contribution >= 0.6 is 0 Å². The van der Waals surface area contributed by atoms with E-state index in [-0.39, 0.29) is 16.7 Å². The van der Waals surface area contributed by atoms with Crippen molar-refractivity contribution in [3.8, 4) is 5.75 Å². The van der Waals surface area contributed by atoms with Gasteiger partial charge >= 0.3 is 0 Å². The summed E-state index contributed by atoms with van der Waals surface area (Å²) in [6.07, 6.45) is 3.95. The first-order chi connectivity index (χ1) is 12.7. The van der Waals surface area contributed by atoms with E-state index < -0.39 is 0 Å². The second-order valence-corrected chi connectivity index (χ2v) is 6.64. The van der Waals surface area contributed by atoms with Crippen LogP contribution < -0.4 is 4.74 Å². The third kappa shape index (κ3) is 3.67. The van der Waals surface area contributed by atoms with Crippen LogP contribution in [0.5, 0.6) is 5.75 Å². The number of nitro benzene ring substituents is 1. The Morgan fingerprint density at radius 2 is 1.96 bits per heavy atom. The van der Waals surface area contributed by atoms with Crippen LogP contribution in [0.15, 0.2) is 48.7 Å². The van der Waals surface area contributed by atoms with Gasteiger partial charge in [0.25, 0.3) is 5.69 Å². The summed E-state index contributed by atoms with van der Waals surface area (Å²) in [6.45, 7) is 2.72. The fraction of sp³-hybridized carbons (Fsp3) is 0.316. The highest BCUT2D eigenvalue weighted by Crippen LogP contribution is 2.23.